The van der Waals surface area contributed by atoms with E-state index in [1.807, 2.05) is 20.0 Å². The van der Waals surface area contributed by atoms with Gasteiger partial charge in [-0.1, -0.05) is 32.9 Å². The summed E-state index contributed by atoms with van der Waals surface area (Å²) in [6.07, 6.45) is 1.31. The maximum atomic E-state index is 15.0. The number of benzene rings is 2. The molecule has 0 aliphatic heterocycles. The Kier molecular flexibility index (Phi) is 10.4. The Morgan fingerprint density at radius 3 is 2.51 bits per heavy atom. The summed E-state index contributed by atoms with van der Waals surface area (Å²) < 4.78 is 54.6. The average Bonchev–Trinajstić information content (AvgIpc) is 3.48. The Balaban J connectivity index is 0.00000226. The van der Waals surface area contributed by atoms with E-state index in [1.165, 1.54) is 19.9 Å². The number of carbonyl (C=O) groups is 2. The molecule has 2 heterocycles. The van der Waals surface area contributed by atoms with Crippen LogP contribution in [-0.2, 0) is 24.1 Å². The number of nitrogens with zero attached hydrogens (tertiary/aromatic N) is 3. The third-order valence-electron chi connectivity index (χ3n) is 7.60. The second-order valence-corrected chi connectivity index (χ2v) is 10.6. The molecule has 0 unspecified atom stereocenters. The second-order valence-electron chi connectivity index (χ2n) is 10.6. The lowest BCUT2D eigenvalue weighted by atomic mass is 9.97. The first-order valence-corrected chi connectivity index (χ1v) is 14.8. The first kappa shape index (κ1) is 33.3. The highest BCUT2D eigenvalue weighted by Crippen LogP contribution is 2.31. The molecule has 0 bridgehead atoms. The summed E-state index contributed by atoms with van der Waals surface area (Å²) in [6, 6.07) is 5.68. The topological polar surface area (TPSA) is 117 Å². The molecule has 3 N–H and O–H groups in total. The van der Waals surface area contributed by atoms with Crippen LogP contribution in [0.25, 0.3) is 22.3 Å². The molecule has 8 nitrogen and oxygen atoms in total. The van der Waals surface area contributed by atoms with Gasteiger partial charge in [-0.25, -0.2) is 19.2 Å². The molecule has 2 aromatic carbocycles. The third kappa shape index (κ3) is 7.38. The van der Waals surface area contributed by atoms with Crippen molar-refractivity contribution in [1.29, 1.82) is 0 Å². The van der Waals surface area contributed by atoms with Crippen molar-refractivity contribution in [3.8, 4) is 11.4 Å². The largest absolute Gasteiger partial charge is 0.480 e. The number of halogens is 4. The zero-order chi connectivity index (χ0) is 32.9. The van der Waals surface area contributed by atoms with E-state index in [4.69, 9.17) is 4.98 Å². The molecular weight excluding hydrogens is 590 g/mol. The quantitative estimate of drug-likeness (QED) is 0.175. The monoisotopic (exact) mass is 625 g/mol. The van der Waals surface area contributed by atoms with Crippen molar-refractivity contribution >= 4 is 28.5 Å². The number of rotatable bonds is 9. The predicted octanol–water partition coefficient (Wildman–Crippen LogP) is 6.83. The summed E-state index contributed by atoms with van der Waals surface area (Å²) in [5.74, 6) is -2.90. The molecule has 12 heteroatoms. The minimum atomic E-state index is -4.55. The molecule has 0 radical (unpaired) electrons. The van der Waals surface area contributed by atoms with Gasteiger partial charge in [0.1, 0.15) is 17.9 Å². The number of fused-ring (bicyclic) bond motifs is 2. The molecule has 2 aromatic heterocycles. The molecule has 0 fully saturated rings. The van der Waals surface area contributed by atoms with Crippen molar-refractivity contribution in [1.82, 2.24) is 20.3 Å². The van der Waals surface area contributed by atoms with E-state index in [0.29, 0.717) is 27.9 Å². The van der Waals surface area contributed by atoms with Crippen LogP contribution in [0.5, 0.6) is 0 Å². The zero-order valence-electron chi connectivity index (χ0n) is 25.4. The van der Waals surface area contributed by atoms with Crippen molar-refractivity contribution < 1.29 is 32.3 Å². The Morgan fingerprint density at radius 1 is 1.09 bits per heavy atom. The molecule has 1 aliphatic rings. The van der Waals surface area contributed by atoms with Crippen LogP contribution in [0.1, 0.15) is 66.4 Å². The van der Waals surface area contributed by atoms with Crippen LogP contribution in [-0.4, -0.2) is 50.2 Å². The van der Waals surface area contributed by atoms with Gasteiger partial charge in [-0.15, -0.1) is 0 Å². The third-order valence-corrected chi connectivity index (χ3v) is 7.60. The van der Waals surface area contributed by atoms with Crippen molar-refractivity contribution in [2.24, 2.45) is 0 Å². The van der Waals surface area contributed by atoms with Crippen LogP contribution in [0.3, 0.4) is 0 Å². The van der Waals surface area contributed by atoms with Crippen LogP contribution in [0.2, 0.25) is 0 Å². The second kappa shape index (κ2) is 14.0. The molecule has 1 amide bonds. The summed E-state index contributed by atoms with van der Waals surface area (Å²) in [4.78, 5) is 39.1. The number of anilines is 1. The van der Waals surface area contributed by atoms with Crippen molar-refractivity contribution in [3.05, 3.63) is 82.6 Å². The molecule has 0 saturated heterocycles. The summed E-state index contributed by atoms with van der Waals surface area (Å²) in [5, 5.41) is 15.2. The molecule has 238 valence electrons. The summed E-state index contributed by atoms with van der Waals surface area (Å²) in [7, 11) is 0. The van der Waals surface area contributed by atoms with Crippen molar-refractivity contribution in [2.75, 3.05) is 5.32 Å². The van der Waals surface area contributed by atoms with Gasteiger partial charge in [-0.3, -0.25) is 9.78 Å². The number of carboxylic acid groups (broad SMARTS) is 1. The number of carboxylic acids is 1. The van der Waals surface area contributed by atoms with Gasteiger partial charge >= 0.3 is 12.1 Å². The molecule has 0 saturated carbocycles. The summed E-state index contributed by atoms with van der Waals surface area (Å²) in [5.41, 5.74) is 3.43. The highest BCUT2D eigenvalue weighted by Gasteiger charge is 2.38. The number of nitrogens with one attached hydrogen (secondary N) is 2. The molecule has 45 heavy (non-hydrogen) atoms. The maximum Gasteiger partial charge on any atom is 0.408 e. The van der Waals surface area contributed by atoms with E-state index < -0.39 is 41.5 Å². The number of hydrogen-bond acceptors (Lipinski definition) is 6. The molecular formula is C33H35F4N5O3. The Bertz CT molecular complexity index is 1690. The van der Waals surface area contributed by atoms with Crippen molar-refractivity contribution in [2.45, 2.75) is 78.1 Å². The number of amides is 1. The van der Waals surface area contributed by atoms with E-state index in [2.05, 4.69) is 20.6 Å². The minimum Gasteiger partial charge on any atom is -0.480 e. The fourth-order valence-electron chi connectivity index (χ4n) is 5.42. The van der Waals surface area contributed by atoms with E-state index in [0.717, 1.165) is 36.6 Å². The highest BCUT2D eigenvalue weighted by atomic mass is 19.4. The van der Waals surface area contributed by atoms with Gasteiger partial charge in [0.25, 0.3) is 5.91 Å². The van der Waals surface area contributed by atoms with E-state index >= 15 is 4.39 Å². The van der Waals surface area contributed by atoms with Crippen LogP contribution in [0.4, 0.5) is 23.2 Å². The lowest BCUT2D eigenvalue weighted by Crippen LogP contribution is -2.43. The van der Waals surface area contributed by atoms with Crippen LogP contribution >= 0.6 is 0 Å². The van der Waals surface area contributed by atoms with E-state index in [1.54, 1.807) is 30.5 Å². The Morgan fingerprint density at radius 2 is 1.84 bits per heavy atom. The highest BCUT2D eigenvalue weighted by molar-refractivity contribution is 5.99. The van der Waals surface area contributed by atoms with Crippen LogP contribution < -0.4 is 10.6 Å². The van der Waals surface area contributed by atoms with Crippen LogP contribution in [0, 0.1) is 12.7 Å². The maximum absolute atomic E-state index is 15.0. The lowest BCUT2D eigenvalue weighted by molar-refractivity contribution is -0.143. The fraction of sp³-hybridized carbons (Fsp3) is 0.364. The van der Waals surface area contributed by atoms with Gasteiger partial charge in [-0.2, -0.15) is 13.2 Å². The first-order chi connectivity index (χ1) is 21.5. The smallest absolute Gasteiger partial charge is 0.408 e. The van der Waals surface area contributed by atoms with Gasteiger partial charge < -0.3 is 15.7 Å². The Hall–Kier alpha value is -4.61. The normalized spacial score (nSPS) is 13.8. The predicted molar refractivity (Wildman–Crippen MR) is 164 cm³/mol. The average molecular weight is 626 g/mol. The zero-order valence-corrected chi connectivity index (χ0v) is 25.4. The number of alkyl halides is 3. The molecule has 1 aliphatic carbocycles. The molecule has 4 aromatic rings. The minimum absolute atomic E-state index is 0.0505. The van der Waals surface area contributed by atoms with E-state index in [-0.39, 0.29) is 24.1 Å². The first-order valence-electron chi connectivity index (χ1n) is 14.8. The number of pyridine rings is 1. The summed E-state index contributed by atoms with van der Waals surface area (Å²) >= 11 is 0. The number of carbonyl (C=O) groups excluding carboxylic acids is 1. The van der Waals surface area contributed by atoms with Crippen molar-refractivity contribution in [3.63, 3.8) is 0 Å². The molecule has 2 atom stereocenters. The van der Waals surface area contributed by atoms with E-state index in [9.17, 15) is 27.9 Å². The van der Waals surface area contributed by atoms with Gasteiger partial charge in [0, 0.05) is 41.1 Å². The summed E-state index contributed by atoms with van der Waals surface area (Å²) in [6.45, 7) is 6.71. The SMILES string of the molecule is CC.CC[C@@H](Nc1cc(C)c(C(=O)N[C@@H](Cc2ccc(-c3ncc4c(n3)CCC4)c3ncccc23)C(=O)O)c(F)c1)C(F)(F)F. The van der Waals surface area contributed by atoms with Gasteiger partial charge in [0.05, 0.1) is 11.1 Å². The Labute approximate surface area is 258 Å². The van der Waals surface area contributed by atoms with Crippen LogP contribution in [0.15, 0.2) is 48.8 Å². The molecule has 0 spiro atoms. The standard InChI is InChI=1S/C31H29F4N5O3.C2H6/c1-3-25(31(33,34)35)38-19-12-16(2)26(22(32)14-19)29(41)40-24(30(42)43)13-17-9-10-21(27-20(17)7-5-11-36-27)28-37-15-18-6-4-8-23(18)39-28;1-2/h5,7,9-12,14-15,24-25,38H,3-4,6,8,13H2,1-2H3,(H,40,41)(H,42,43);1-2H3/t24-,25+;/m0./s1. The fourth-order valence-corrected chi connectivity index (χ4v) is 5.42. The van der Waals surface area contributed by atoms with Gasteiger partial charge in [0.2, 0.25) is 0 Å². The van der Waals surface area contributed by atoms with Gasteiger partial charge in [0.15, 0.2) is 5.82 Å². The number of aliphatic carboxylic acids is 1. The number of aryl methyl sites for hydroxylation is 3. The molecule has 5 rings (SSSR count). The number of hydrogen-bond donors (Lipinski definition) is 3. The number of aromatic nitrogens is 3. The van der Waals surface area contributed by atoms with Gasteiger partial charge in [-0.05, 0) is 73.6 Å². The lowest BCUT2D eigenvalue weighted by Gasteiger charge is -2.22.